The summed E-state index contributed by atoms with van der Waals surface area (Å²) in [6.07, 6.45) is 72.2. The van der Waals surface area contributed by atoms with Crippen molar-refractivity contribution in [2.45, 2.75) is 283 Å². The number of amides is 1. The number of hydrogen-bond acceptors (Lipinski definition) is 3. The monoisotopic (exact) mass is 838 g/mol. The van der Waals surface area contributed by atoms with Gasteiger partial charge in [-0.15, -0.1) is 0 Å². The van der Waals surface area contributed by atoms with Gasteiger partial charge in [-0.2, -0.15) is 0 Å². The Labute approximate surface area is 375 Å². The van der Waals surface area contributed by atoms with Crippen LogP contribution in [0.4, 0.5) is 0 Å². The molecule has 0 fully saturated rings. The molecule has 2 atom stereocenters. The van der Waals surface area contributed by atoms with E-state index in [1.807, 2.05) is 6.08 Å². The van der Waals surface area contributed by atoms with Gasteiger partial charge in [-0.3, -0.25) is 4.79 Å². The molecule has 60 heavy (non-hydrogen) atoms. The van der Waals surface area contributed by atoms with Crippen molar-refractivity contribution in [1.82, 2.24) is 5.32 Å². The predicted octanol–water partition coefficient (Wildman–Crippen LogP) is 17.2. The number of carbonyl (C=O) groups is 1. The van der Waals surface area contributed by atoms with Crippen LogP contribution in [0.3, 0.4) is 0 Å². The lowest BCUT2D eigenvalue weighted by atomic mass is 10.0. The molecule has 4 heteroatoms. The van der Waals surface area contributed by atoms with E-state index in [0.29, 0.717) is 6.42 Å². The molecule has 0 radical (unpaired) electrons. The fourth-order valence-corrected chi connectivity index (χ4v) is 7.89. The van der Waals surface area contributed by atoms with Crippen molar-refractivity contribution in [3.05, 3.63) is 60.8 Å². The van der Waals surface area contributed by atoms with E-state index in [-0.39, 0.29) is 12.5 Å². The van der Waals surface area contributed by atoms with Gasteiger partial charge in [-0.25, -0.2) is 0 Å². The highest BCUT2D eigenvalue weighted by Crippen LogP contribution is 2.15. The number of rotatable bonds is 48. The molecule has 350 valence electrons. The molecule has 0 aromatic rings. The van der Waals surface area contributed by atoms with Crippen LogP contribution in [0, 0.1) is 0 Å². The first-order valence-corrected chi connectivity index (χ1v) is 26.5. The van der Waals surface area contributed by atoms with Crippen molar-refractivity contribution in [3.8, 4) is 0 Å². The maximum absolute atomic E-state index is 12.4. The Morgan fingerprint density at radius 2 is 0.700 bits per heavy atom. The third-order valence-corrected chi connectivity index (χ3v) is 12.0. The van der Waals surface area contributed by atoms with E-state index >= 15 is 0 Å². The summed E-state index contributed by atoms with van der Waals surface area (Å²) in [7, 11) is 0. The van der Waals surface area contributed by atoms with Crippen LogP contribution in [0.1, 0.15) is 271 Å². The summed E-state index contributed by atoms with van der Waals surface area (Å²) in [6, 6.07) is -0.649. The molecule has 2 unspecified atom stereocenters. The minimum Gasteiger partial charge on any atom is -0.394 e. The van der Waals surface area contributed by atoms with Crippen LogP contribution in [0.5, 0.6) is 0 Å². The molecule has 0 saturated heterocycles. The molecule has 4 nitrogen and oxygen atoms in total. The maximum Gasteiger partial charge on any atom is 0.220 e. The smallest absolute Gasteiger partial charge is 0.220 e. The van der Waals surface area contributed by atoms with Crippen molar-refractivity contribution < 1.29 is 15.0 Å². The Bertz CT molecular complexity index is 996. The molecule has 0 bridgehead atoms. The van der Waals surface area contributed by atoms with Crippen LogP contribution in [0.2, 0.25) is 0 Å². The Morgan fingerprint density at radius 1 is 0.400 bits per heavy atom. The fraction of sp³-hybridized carbons (Fsp3) is 0.804. The molecule has 0 heterocycles. The highest BCUT2D eigenvalue weighted by molar-refractivity contribution is 5.76. The summed E-state index contributed by atoms with van der Waals surface area (Å²) in [5.74, 6) is -0.0794. The number of carbonyl (C=O) groups excluding carboxylic acids is 1. The summed E-state index contributed by atoms with van der Waals surface area (Å²) in [4.78, 5) is 12.4. The van der Waals surface area contributed by atoms with Gasteiger partial charge in [0.2, 0.25) is 5.91 Å². The molecular weight excluding hydrogens is 735 g/mol. The molecule has 0 aromatic carbocycles. The van der Waals surface area contributed by atoms with E-state index in [0.717, 1.165) is 44.9 Å². The topological polar surface area (TPSA) is 69.6 Å². The molecule has 0 aromatic heterocycles. The summed E-state index contributed by atoms with van der Waals surface area (Å²) in [5, 5.41) is 23.1. The standard InChI is InChI=1S/C56H103NO3/c1-3-5-7-9-11-13-15-17-19-21-23-25-26-27-28-29-30-32-34-36-38-40-42-44-46-48-50-52-56(60)57-54(53-58)55(59)51-49-47-45-43-41-39-37-35-33-31-24-22-20-18-16-14-12-10-8-6-4-2/h23,25,27-28,33,35,41,43,49,51,54-55,58-59H,3-22,24,26,29-32,34,36-40,42,44-48,50,52-53H2,1-2H3,(H,57,60)/b25-23-,28-27-,35-33+,43-41+,51-49+. The first-order chi connectivity index (χ1) is 29.7. The third kappa shape index (κ3) is 47.1. The molecule has 3 N–H and O–H groups in total. The van der Waals surface area contributed by atoms with Gasteiger partial charge < -0.3 is 15.5 Å². The Balaban J connectivity index is 3.58. The van der Waals surface area contributed by atoms with Gasteiger partial charge in [0.25, 0.3) is 0 Å². The molecular formula is C56H103NO3. The van der Waals surface area contributed by atoms with Crippen molar-refractivity contribution in [2.75, 3.05) is 6.61 Å². The SMILES string of the molecule is CCCCCCCCCCC/C=C\C/C=C\CCCCCCCCCCCCCC(=O)NC(CO)C(O)/C=C/CC/C=C/CC/C=C/CCCCCCCCCCCCC. The lowest BCUT2D eigenvalue weighted by Gasteiger charge is -2.19. The van der Waals surface area contributed by atoms with Gasteiger partial charge in [-0.05, 0) is 77.0 Å². The van der Waals surface area contributed by atoms with Crippen molar-refractivity contribution >= 4 is 5.91 Å². The first-order valence-electron chi connectivity index (χ1n) is 26.5. The number of aliphatic hydroxyl groups is 2. The minimum atomic E-state index is -0.873. The summed E-state index contributed by atoms with van der Waals surface area (Å²) in [5.41, 5.74) is 0. The van der Waals surface area contributed by atoms with Gasteiger partial charge >= 0.3 is 0 Å². The van der Waals surface area contributed by atoms with Crippen LogP contribution in [-0.4, -0.2) is 34.9 Å². The van der Waals surface area contributed by atoms with Crippen molar-refractivity contribution in [3.63, 3.8) is 0 Å². The zero-order valence-corrected chi connectivity index (χ0v) is 40.2. The Morgan fingerprint density at radius 3 is 1.07 bits per heavy atom. The van der Waals surface area contributed by atoms with Gasteiger partial charge in [0.1, 0.15) is 0 Å². The average Bonchev–Trinajstić information content (AvgIpc) is 3.25. The highest BCUT2D eigenvalue weighted by Gasteiger charge is 2.17. The molecule has 0 aliphatic carbocycles. The van der Waals surface area contributed by atoms with Crippen LogP contribution in [0.25, 0.3) is 0 Å². The highest BCUT2D eigenvalue weighted by atomic mass is 16.3. The van der Waals surface area contributed by atoms with Crippen LogP contribution in [-0.2, 0) is 4.79 Å². The van der Waals surface area contributed by atoms with Crippen LogP contribution < -0.4 is 5.32 Å². The lowest BCUT2D eigenvalue weighted by Crippen LogP contribution is -2.45. The number of nitrogens with one attached hydrogen (secondary N) is 1. The molecule has 1 amide bonds. The second-order valence-electron chi connectivity index (χ2n) is 17.9. The van der Waals surface area contributed by atoms with Gasteiger partial charge in [0.05, 0.1) is 18.8 Å². The number of unbranched alkanes of at least 4 members (excludes halogenated alkanes) is 33. The second kappa shape index (κ2) is 51.4. The van der Waals surface area contributed by atoms with Gasteiger partial charge in [-0.1, -0.05) is 248 Å². The average molecular weight is 838 g/mol. The maximum atomic E-state index is 12.4. The zero-order chi connectivity index (χ0) is 43.5. The third-order valence-electron chi connectivity index (χ3n) is 12.0. The largest absolute Gasteiger partial charge is 0.394 e. The van der Waals surface area contributed by atoms with E-state index in [1.165, 1.54) is 205 Å². The molecule has 0 rings (SSSR count). The summed E-state index contributed by atoms with van der Waals surface area (Å²) < 4.78 is 0. The molecule has 0 spiro atoms. The van der Waals surface area contributed by atoms with E-state index in [1.54, 1.807) is 6.08 Å². The summed E-state index contributed by atoms with van der Waals surface area (Å²) >= 11 is 0. The second-order valence-corrected chi connectivity index (χ2v) is 17.9. The molecule has 0 aliphatic heterocycles. The van der Waals surface area contributed by atoms with Gasteiger partial charge in [0.15, 0.2) is 0 Å². The minimum absolute atomic E-state index is 0.0794. The molecule has 0 aliphatic rings. The van der Waals surface area contributed by atoms with Gasteiger partial charge in [0, 0.05) is 6.42 Å². The van der Waals surface area contributed by atoms with Crippen LogP contribution in [0.15, 0.2) is 60.8 Å². The summed E-state index contributed by atoms with van der Waals surface area (Å²) in [6.45, 7) is 4.31. The van der Waals surface area contributed by atoms with E-state index in [2.05, 4.69) is 67.8 Å². The Hall–Kier alpha value is -1.91. The first kappa shape index (κ1) is 58.1. The van der Waals surface area contributed by atoms with E-state index < -0.39 is 12.1 Å². The normalized spacial score (nSPS) is 13.3. The number of hydrogen-bond donors (Lipinski definition) is 3. The number of allylic oxidation sites excluding steroid dienone is 9. The quantitative estimate of drug-likeness (QED) is 0.0422. The molecule has 0 saturated carbocycles. The fourth-order valence-electron chi connectivity index (χ4n) is 7.89. The zero-order valence-electron chi connectivity index (χ0n) is 40.2. The van der Waals surface area contributed by atoms with Crippen molar-refractivity contribution in [1.29, 1.82) is 0 Å². The Kier molecular flexibility index (Phi) is 49.8. The number of aliphatic hydroxyl groups excluding tert-OH is 2. The predicted molar refractivity (Wildman–Crippen MR) is 267 cm³/mol. The van der Waals surface area contributed by atoms with E-state index in [4.69, 9.17) is 0 Å². The lowest BCUT2D eigenvalue weighted by molar-refractivity contribution is -0.123. The van der Waals surface area contributed by atoms with E-state index in [9.17, 15) is 15.0 Å². The van der Waals surface area contributed by atoms with Crippen LogP contribution >= 0.6 is 0 Å². The van der Waals surface area contributed by atoms with Crippen molar-refractivity contribution in [2.24, 2.45) is 0 Å².